The highest BCUT2D eigenvalue weighted by Gasteiger charge is 2.14. The van der Waals surface area contributed by atoms with Crippen molar-refractivity contribution in [2.45, 2.75) is 26.2 Å². The monoisotopic (exact) mass is 389 g/mol. The molecule has 0 aliphatic heterocycles. The molecule has 0 atom stereocenters. The first-order chi connectivity index (χ1) is 13.7. The summed E-state index contributed by atoms with van der Waals surface area (Å²) in [5.74, 6) is 0.0377. The van der Waals surface area contributed by atoms with Gasteiger partial charge in [-0.25, -0.2) is 4.98 Å². The van der Waals surface area contributed by atoms with Crippen LogP contribution < -0.4 is 15.8 Å². The van der Waals surface area contributed by atoms with E-state index < -0.39 is 5.91 Å². The number of primary amides is 1. The fourth-order valence-electron chi connectivity index (χ4n) is 2.67. The maximum Gasteiger partial charge on any atom is 0.255 e. The summed E-state index contributed by atoms with van der Waals surface area (Å²) in [4.78, 5) is 27.9. The third-order valence-electron chi connectivity index (χ3n) is 4.35. The van der Waals surface area contributed by atoms with E-state index in [0.29, 0.717) is 28.4 Å². The van der Waals surface area contributed by atoms with Crippen LogP contribution in [0.15, 0.2) is 66.9 Å². The maximum absolute atomic E-state index is 12.4. The smallest absolute Gasteiger partial charge is 0.255 e. The normalized spacial score (nSPS) is 11.0. The van der Waals surface area contributed by atoms with Crippen LogP contribution in [0.2, 0.25) is 0 Å². The van der Waals surface area contributed by atoms with Gasteiger partial charge in [0.2, 0.25) is 11.8 Å². The highest BCUT2D eigenvalue weighted by Crippen LogP contribution is 2.23. The molecule has 0 saturated heterocycles. The van der Waals surface area contributed by atoms with Gasteiger partial charge in [0.05, 0.1) is 11.9 Å². The fraction of sp³-hybridized carbons (Fsp3) is 0.174. The molecule has 6 nitrogen and oxygen atoms in total. The van der Waals surface area contributed by atoms with E-state index in [1.165, 1.54) is 6.20 Å². The number of carbonyl (C=O) groups excluding carboxylic acids is 2. The van der Waals surface area contributed by atoms with Gasteiger partial charge in [0.25, 0.3) is 5.91 Å². The Labute approximate surface area is 169 Å². The molecule has 3 N–H and O–H groups in total. The minimum absolute atomic E-state index is 0.0334. The minimum atomic E-state index is -0.531. The lowest BCUT2D eigenvalue weighted by Gasteiger charge is -2.19. The van der Waals surface area contributed by atoms with Crippen LogP contribution in [0.5, 0.6) is 11.6 Å². The van der Waals surface area contributed by atoms with E-state index in [9.17, 15) is 9.59 Å². The van der Waals surface area contributed by atoms with Gasteiger partial charge in [0, 0.05) is 17.2 Å². The van der Waals surface area contributed by atoms with Crippen LogP contribution >= 0.6 is 0 Å². The van der Waals surface area contributed by atoms with Crippen molar-refractivity contribution < 1.29 is 14.3 Å². The summed E-state index contributed by atoms with van der Waals surface area (Å²) in [6.45, 7) is 6.38. The van der Waals surface area contributed by atoms with Gasteiger partial charge in [-0.2, -0.15) is 0 Å². The summed E-state index contributed by atoms with van der Waals surface area (Å²) in [6.07, 6.45) is 1.51. The van der Waals surface area contributed by atoms with Crippen molar-refractivity contribution in [2.24, 2.45) is 5.73 Å². The number of ether oxygens (including phenoxy) is 1. The van der Waals surface area contributed by atoms with E-state index in [4.69, 9.17) is 10.5 Å². The largest absolute Gasteiger partial charge is 0.439 e. The molecular formula is C23H23N3O3. The zero-order chi connectivity index (χ0) is 21.0. The molecule has 2 aromatic carbocycles. The highest BCUT2D eigenvalue weighted by atomic mass is 16.5. The Kier molecular flexibility index (Phi) is 5.64. The number of aromatic nitrogens is 1. The van der Waals surface area contributed by atoms with Crippen molar-refractivity contribution in [1.82, 2.24) is 4.98 Å². The molecule has 0 fully saturated rings. The molecule has 0 aliphatic carbocycles. The first-order valence-electron chi connectivity index (χ1n) is 9.18. The van der Waals surface area contributed by atoms with Gasteiger partial charge >= 0.3 is 0 Å². The number of carbonyl (C=O) groups is 2. The van der Waals surface area contributed by atoms with Gasteiger partial charge in [-0.05, 0) is 47.4 Å². The van der Waals surface area contributed by atoms with Crippen molar-refractivity contribution >= 4 is 17.5 Å². The number of nitrogens with zero attached hydrogens (tertiary/aromatic N) is 1. The summed E-state index contributed by atoms with van der Waals surface area (Å²) in [5, 5.41) is 2.81. The van der Waals surface area contributed by atoms with Crippen molar-refractivity contribution in [2.75, 3.05) is 5.32 Å². The predicted octanol–water partition coefficient (Wildman–Crippen LogP) is 4.52. The molecular weight excluding hydrogens is 366 g/mol. The lowest BCUT2D eigenvalue weighted by molar-refractivity contribution is 0.0997. The third-order valence-corrected chi connectivity index (χ3v) is 4.35. The summed E-state index contributed by atoms with van der Waals surface area (Å²) >= 11 is 0. The Bertz CT molecular complexity index is 1020. The molecule has 3 aromatic rings. The first-order valence-corrected chi connectivity index (χ1v) is 9.18. The number of anilines is 1. The second-order valence-electron chi connectivity index (χ2n) is 7.66. The molecule has 148 valence electrons. The zero-order valence-corrected chi connectivity index (χ0v) is 16.6. The maximum atomic E-state index is 12.4. The molecule has 0 saturated carbocycles. The summed E-state index contributed by atoms with van der Waals surface area (Å²) in [6, 6.07) is 17.4. The molecule has 0 spiro atoms. The predicted molar refractivity (Wildman–Crippen MR) is 112 cm³/mol. The Hall–Kier alpha value is -3.67. The average molecular weight is 389 g/mol. The van der Waals surface area contributed by atoms with Crippen LogP contribution in [-0.4, -0.2) is 16.8 Å². The van der Waals surface area contributed by atoms with Crippen molar-refractivity contribution in [3.8, 4) is 11.6 Å². The van der Waals surface area contributed by atoms with Gasteiger partial charge < -0.3 is 15.8 Å². The summed E-state index contributed by atoms with van der Waals surface area (Å²) in [7, 11) is 0. The number of hydrogen-bond donors (Lipinski definition) is 2. The second-order valence-corrected chi connectivity index (χ2v) is 7.66. The highest BCUT2D eigenvalue weighted by molar-refractivity contribution is 6.04. The quantitative estimate of drug-likeness (QED) is 0.671. The molecule has 0 aliphatic rings. The standard InChI is InChI=1S/C23H23N3O3/c1-23(2,3)17-9-7-15(8-10-17)22(28)26-18-11-12-20(25-14-18)29-19-6-4-5-16(13-19)21(24)27/h4-14H,1-3H3,(H2,24,27)(H,26,28). The van der Waals surface area contributed by atoms with Crippen molar-refractivity contribution in [3.63, 3.8) is 0 Å². The number of amides is 2. The average Bonchev–Trinajstić information content (AvgIpc) is 2.69. The molecule has 29 heavy (non-hydrogen) atoms. The first kappa shape index (κ1) is 20.1. The van der Waals surface area contributed by atoms with E-state index in [1.54, 1.807) is 36.4 Å². The fourth-order valence-corrected chi connectivity index (χ4v) is 2.67. The zero-order valence-electron chi connectivity index (χ0n) is 16.6. The van der Waals surface area contributed by atoms with E-state index in [0.717, 1.165) is 5.56 Å². The second kappa shape index (κ2) is 8.14. The third kappa shape index (κ3) is 5.19. The molecule has 0 bridgehead atoms. The van der Waals surface area contributed by atoms with Crippen LogP contribution in [-0.2, 0) is 5.41 Å². The Morgan fingerprint density at radius 3 is 2.28 bits per heavy atom. The Morgan fingerprint density at radius 1 is 0.966 bits per heavy atom. The Balaban J connectivity index is 1.65. The summed E-state index contributed by atoms with van der Waals surface area (Å²) < 4.78 is 5.63. The van der Waals surface area contributed by atoms with Crippen LogP contribution in [0.1, 0.15) is 47.1 Å². The lowest BCUT2D eigenvalue weighted by Crippen LogP contribution is -2.14. The lowest BCUT2D eigenvalue weighted by atomic mass is 9.87. The van der Waals surface area contributed by atoms with E-state index >= 15 is 0 Å². The van der Waals surface area contributed by atoms with Gasteiger partial charge in [0.15, 0.2) is 0 Å². The van der Waals surface area contributed by atoms with Gasteiger partial charge in [0.1, 0.15) is 5.75 Å². The summed E-state index contributed by atoms with van der Waals surface area (Å²) in [5.41, 5.74) is 7.94. The number of rotatable bonds is 5. The van der Waals surface area contributed by atoms with Crippen molar-refractivity contribution in [1.29, 1.82) is 0 Å². The van der Waals surface area contributed by atoms with E-state index in [2.05, 4.69) is 31.1 Å². The molecule has 0 radical (unpaired) electrons. The van der Waals surface area contributed by atoms with Crippen LogP contribution in [0, 0.1) is 0 Å². The molecule has 6 heteroatoms. The van der Waals surface area contributed by atoms with Crippen LogP contribution in [0.3, 0.4) is 0 Å². The topological polar surface area (TPSA) is 94.3 Å². The van der Waals surface area contributed by atoms with Gasteiger partial charge in [-0.3, -0.25) is 9.59 Å². The molecule has 1 heterocycles. The van der Waals surface area contributed by atoms with E-state index in [-0.39, 0.29) is 11.3 Å². The van der Waals surface area contributed by atoms with Gasteiger partial charge in [-0.1, -0.05) is 39.0 Å². The number of benzene rings is 2. The molecule has 0 unspecified atom stereocenters. The van der Waals surface area contributed by atoms with Crippen molar-refractivity contribution in [3.05, 3.63) is 83.6 Å². The van der Waals surface area contributed by atoms with Crippen LogP contribution in [0.25, 0.3) is 0 Å². The number of hydrogen-bond acceptors (Lipinski definition) is 4. The van der Waals surface area contributed by atoms with E-state index in [1.807, 2.05) is 24.3 Å². The number of pyridine rings is 1. The van der Waals surface area contributed by atoms with Gasteiger partial charge in [-0.15, -0.1) is 0 Å². The molecule has 3 rings (SSSR count). The minimum Gasteiger partial charge on any atom is -0.439 e. The molecule has 1 aromatic heterocycles. The Morgan fingerprint density at radius 2 is 1.69 bits per heavy atom. The SMILES string of the molecule is CC(C)(C)c1ccc(C(=O)Nc2ccc(Oc3cccc(C(N)=O)c3)nc2)cc1. The number of nitrogens with one attached hydrogen (secondary N) is 1. The van der Waals surface area contributed by atoms with Crippen LogP contribution in [0.4, 0.5) is 5.69 Å². The molecule has 2 amide bonds. The number of nitrogens with two attached hydrogens (primary N) is 1.